The van der Waals surface area contributed by atoms with Crippen LogP contribution in [0.1, 0.15) is 60.5 Å². The summed E-state index contributed by atoms with van der Waals surface area (Å²) < 4.78 is 1.41. The highest BCUT2D eigenvalue weighted by atomic mass is 35.5. The van der Waals surface area contributed by atoms with Gasteiger partial charge in [0.2, 0.25) is 5.56 Å². The van der Waals surface area contributed by atoms with Crippen LogP contribution in [-0.2, 0) is 7.05 Å². The second kappa shape index (κ2) is 10.4. The van der Waals surface area contributed by atoms with Crippen LogP contribution in [0.4, 0.5) is 4.79 Å². The molecule has 176 valence electrons. The van der Waals surface area contributed by atoms with Crippen LogP contribution < -0.4 is 16.2 Å². The van der Waals surface area contributed by atoms with Crippen molar-refractivity contribution in [2.45, 2.75) is 50.6 Å². The number of aromatic nitrogens is 1. The lowest BCUT2D eigenvalue weighted by Crippen LogP contribution is -2.50. The predicted molar refractivity (Wildman–Crippen MR) is 128 cm³/mol. The van der Waals surface area contributed by atoms with E-state index in [1.807, 2.05) is 24.3 Å². The van der Waals surface area contributed by atoms with Gasteiger partial charge in [-0.15, -0.1) is 0 Å². The molecule has 0 spiro atoms. The second-order valence-corrected chi connectivity index (χ2v) is 9.56. The van der Waals surface area contributed by atoms with Crippen LogP contribution in [0.15, 0.2) is 47.4 Å². The van der Waals surface area contributed by atoms with E-state index in [0.29, 0.717) is 42.4 Å². The molecular weight excluding hydrogens is 440 g/mol. The molecule has 1 saturated carbocycles. The molecule has 2 aliphatic rings. The van der Waals surface area contributed by atoms with E-state index in [1.54, 1.807) is 24.2 Å². The Hall–Kier alpha value is -2.80. The Bertz CT molecular complexity index is 1060. The van der Waals surface area contributed by atoms with Gasteiger partial charge in [0.15, 0.2) is 0 Å². The van der Waals surface area contributed by atoms with E-state index in [1.165, 1.54) is 23.5 Å². The fourth-order valence-corrected chi connectivity index (χ4v) is 5.16. The summed E-state index contributed by atoms with van der Waals surface area (Å²) in [5.74, 6) is 0.325. The molecule has 0 radical (unpaired) electrons. The normalized spacial score (nSPS) is 18.2. The number of benzene rings is 1. The van der Waals surface area contributed by atoms with Gasteiger partial charge in [0, 0.05) is 43.5 Å². The van der Waals surface area contributed by atoms with Crippen molar-refractivity contribution in [3.05, 3.63) is 69.1 Å². The van der Waals surface area contributed by atoms with Crippen molar-refractivity contribution in [2.24, 2.45) is 13.0 Å². The van der Waals surface area contributed by atoms with Crippen LogP contribution in [-0.4, -0.2) is 40.5 Å². The average molecular weight is 471 g/mol. The molecule has 4 rings (SSSR count). The SMILES string of the molecule is Cn1cc(C(=O)N2CCC(NC(=O)NC(c3cccc(Cl)c3)C3CCCC3)CC2)ccc1=O. The third-order valence-corrected chi connectivity index (χ3v) is 7.05. The Morgan fingerprint density at radius 3 is 2.45 bits per heavy atom. The summed E-state index contributed by atoms with van der Waals surface area (Å²) in [5, 5.41) is 6.98. The maximum Gasteiger partial charge on any atom is 0.315 e. The number of nitrogens with zero attached hydrogens (tertiary/aromatic N) is 2. The van der Waals surface area contributed by atoms with E-state index in [9.17, 15) is 14.4 Å². The number of nitrogens with one attached hydrogen (secondary N) is 2. The summed E-state index contributed by atoms with van der Waals surface area (Å²) in [7, 11) is 1.64. The van der Waals surface area contributed by atoms with Crippen LogP contribution in [0, 0.1) is 5.92 Å². The predicted octanol–water partition coefficient (Wildman–Crippen LogP) is 3.87. The highest BCUT2D eigenvalue weighted by molar-refractivity contribution is 6.30. The molecular formula is C25H31ClN4O3. The fraction of sp³-hybridized carbons (Fsp3) is 0.480. The quantitative estimate of drug-likeness (QED) is 0.695. The van der Waals surface area contributed by atoms with Gasteiger partial charge in [-0.1, -0.05) is 36.6 Å². The summed E-state index contributed by atoms with van der Waals surface area (Å²) in [6, 6.07) is 10.5. The van der Waals surface area contributed by atoms with Gasteiger partial charge in [-0.2, -0.15) is 0 Å². The van der Waals surface area contributed by atoms with Gasteiger partial charge in [0.05, 0.1) is 11.6 Å². The van der Waals surface area contributed by atoms with Crippen molar-refractivity contribution in [1.29, 1.82) is 0 Å². The zero-order valence-corrected chi connectivity index (χ0v) is 19.7. The van der Waals surface area contributed by atoms with E-state index in [-0.39, 0.29) is 29.6 Å². The lowest BCUT2D eigenvalue weighted by atomic mass is 9.91. The molecule has 2 fully saturated rings. The zero-order chi connectivity index (χ0) is 23.4. The topological polar surface area (TPSA) is 83.4 Å². The van der Waals surface area contributed by atoms with Gasteiger partial charge < -0.3 is 20.1 Å². The molecule has 1 aliphatic heterocycles. The minimum atomic E-state index is -0.172. The summed E-state index contributed by atoms with van der Waals surface area (Å²) in [6.45, 7) is 1.12. The van der Waals surface area contributed by atoms with Crippen LogP contribution in [0.2, 0.25) is 5.02 Å². The first-order chi connectivity index (χ1) is 15.9. The monoisotopic (exact) mass is 470 g/mol. The summed E-state index contributed by atoms with van der Waals surface area (Å²) >= 11 is 6.21. The minimum absolute atomic E-state index is 0.0118. The van der Waals surface area contributed by atoms with Gasteiger partial charge >= 0.3 is 6.03 Å². The number of aryl methyl sites for hydroxylation is 1. The number of urea groups is 1. The Kier molecular flexibility index (Phi) is 7.38. The summed E-state index contributed by atoms with van der Waals surface area (Å²) in [4.78, 5) is 39.0. The largest absolute Gasteiger partial charge is 0.338 e. The highest BCUT2D eigenvalue weighted by Gasteiger charge is 2.30. The van der Waals surface area contributed by atoms with Gasteiger partial charge in [-0.25, -0.2) is 4.79 Å². The van der Waals surface area contributed by atoms with E-state index in [0.717, 1.165) is 18.4 Å². The Labute approximate surface area is 199 Å². The molecule has 1 unspecified atom stereocenters. The molecule has 1 aromatic heterocycles. The first-order valence-corrected chi connectivity index (χ1v) is 12.1. The molecule has 2 heterocycles. The number of carbonyl (C=O) groups is 2. The van der Waals surface area contributed by atoms with Crippen molar-refractivity contribution >= 4 is 23.5 Å². The number of likely N-dealkylation sites (tertiary alicyclic amines) is 1. The van der Waals surface area contributed by atoms with Crippen molar-refractivity contribution < 1.29 is 9.59 Å². The molecule has 1 saturated heterocycles. The number of hydrogen-bond donors (Lipinski definition) is 2. The maximum atomic E-state index is 12.9. The van der Waals surface area contributed by atoms with Gasteiger partial charge in [0.25, 0.3) is 5.91 Å². The summed E-state index contributed by atoms with van der Waals surface area (Å²) in [5.41, 5.74) is 1.40. The third-order valence-electron chi connectivity index (χ3n) is 6.82. The van der Waals surface area contributed by atoms with Crippen LogP contribution in [0.3, 0.4) is 0 Å². The van der Waals surface area contributed by atoms with E-state index >= 15 is 0 Å². The first-order valence-electron chi connectivity index (χ1n) is 11.7. The molecule has 8 heteroatoms. The Balaban J connectivity index is 1.32. The maximum absolute atomic E-state index is 12.9. The fourth-order valence-electron chi connectivity index (χ4n) is 4.96. The lowest BCUT2D eigenvalue weighted by molar-refractivity contribution is 0.0707. The second-order valence-electron chi connectivity index (χ2n) is 9.13. The van der Waals surface area contributed by atoms with Crippen molar-refractivity contribution in [3.8, 4) is 0 Å². The van der Waals surface area contributed by atoms with Crippen molar-refractivity contribution in [1.82, 2.24) is 20.1 Å². The van der Waals surface area contributed by atoms with E-state index < -0.39 is 0 Å². The average Bonchev–Trinajstić information content (AvgIpc) is 3.34. The number of pyridine rings is 1. The number of halogens is 1. The number of amides is 3. The summed E-state index contributed by atoms with van der Waals surface area (Å²) in [6.07, 6.45) is 7.53. The molecule has 3 amide bonds. The minimum Gasteiger partial charge on any atom is -0.338 e. The van der Waals surface area contributed by atoms with Crippen LogP contribution in [0.25, 0.3) is 0 Å². The van der Waals surface area contributed by atoms with Gasteiger partial charge in [0.1, 0.15) is 0 Å². The van der Waals surface area contributed by atoms with Crippen molar-refractivity contribution in [3.63, 3.8) is 0 Å². The van der Waals surface area contributed by atoms with E-state index in [2.05, 4.69) is 10.6 Å². The molecule has 1 aliphatic carbocycles. The molecule has 0 bridgehead atoms. The Morgan fingerprint density at radius 1 is 1.06 bits per heavy atom. The Morgan fingerprint density at radius 2 is 1.79 bits per heavy atom. The lowest BCUT2D eigenvalue weighted by Gasteiger charge is -2.33. The molecule has 2 N–H and O–H groups in total. The molecule has 33 heavy (non-hydrogen) atoms. The standard InChI is InChI=1S/C25H31ClN4O3/c1-29-16-19(9-10-22(29)31)24(32)30-13-11-21(12-14-30)27-25(33)28-23(17-5-2-3-6-17)18-7-4-8-20(26)15-18/h4,7-10,15-17,21,23H,2-3,5-6,11-14H2,1H3,(H2,27,28,33). The number of rotatable bonds is 5. The molecule has 7 nitrogen and oxygen atoms in total. The third kappa shape index (κ3) is 5.77. The van der Waals surface area contributed by atoms with Gasteiger partial charge in [-0.05, 0) is 55.4 Å². The van der Waals surface area contributed by atoms with Crippen molar-refractivity contribution in [2.75, 3.05) is 13.1 Å². The smallest absolute Gasteiger partial charge is 0.315 e. The number of carbonyl (C=O) groups excluding carboxylic acids is 2. The van der Waals surface area contributed by atoms with Gasteiger partial charge in [-0.3, -0.25) is 9.59 Å². The highest BCUT2D eigenvalue weighted by Crippen LogP contribution is 2.36. The molecule has 1 atom stereocenters. The first kappa shape index (κ1) is 23.4. The number of piperidine rings is 1. The van der Waals surface area contributed by atoms with E-state index in [4.69, 9.17) is 11.6 Å². The number of hydrogen-bond acceptors (Lipinski definition) is 3. The molecule has 2 aromatic rings. The zero-order valence-electron chi connectivity index (χ0n) is 18.9. The van der Waals surface area contributed by atoms with Crippen LogP contribution >= 0.6 is 11.6 Å². The molecule has 1 aromatic carbocycles. The van der Waals surface area contributed by atoms with Crippen LogP contribution in [0.5, 0.6) is 0 Å².